The van der Waals surface area contributed by atoms with Gasteiger partial charge in [0.25, 0.3) is 0 Å². The lowest BCUT2D eigenvalue weighted by Gasteiger charge is -2.08. The molecule has 2 N–H and O–H groups in total. The molecule has 0 spiro atoms. The number of carbonyl (C=O) groups is 1. The molecule has 0 saturated carbocycles. The predicted octanol–water partition coefficient (Wildman–Crippen LogP) is 1.88. The first kappa shape index (κ1) is 12.4. The largest absolute Gasteiger partial charge is 0.481 e. The van der Waals surface area contributed by atoms with Crippen molar-refractivity contribution in [3.8, 4) is 0 Å². The average Bonchev–Trinajstić information content (AvgIpc) is 2.07. The van der Waals surface area contributed by atoms with Crippen molar-refractivity contribution < 1.29 is 9.90 Å². The van der Waals surface area contributed by atoms with E-state index in [1.165, 1.54) is 32.4 Å². The number of aliphatic carboxylic acids is 1. The van der Waals surface area contributed by atoms with Crippen LogP contribution in [0.15, 0.2) is 0 Å². The van der Waals surface area contributed by atoms with Crippen LogP contribution in [0.25, 0.3) is 0 Å². The zero-order chi connectivity index (χ0) is 10.3. The fraction of sp³-hybridized carbons (Fsp3) is 0.900. The molecule has 1 heterocycles. The molecule has 0 unspecified atom stereocenters. The molecule has 1 aliphatic heterocycles. The van der Waals surface area contributed by atoms with Crippen LogP contribution >= 0.6 is 0 Å². The van der Waals surface area contributed by atoms with Crippen molar-refractivity contribution in [2.75, 3.05) is 13.1 Å². The van der Waals surface area contributed by atoms with E-state index < -0.39 is 11.4 Å². The Kier molecular flexibility index (Phi) is 5.71. The third-order valence-electron chi connectivity index (χ3n) is 1.85. The van der Waals surface area contributed by atoms with Gasteiger partial charge in [0.15, 0.2) is 0 Å². The third-order valence-corrected chi connectivity index (χ3v) is 1.85. The van der Waals surface area contributed by atoms with E-state index in [1.807, 2.05) is 0 Å². The number of carboxylic acids is 1. The van der Waals surface area contributed by atoms with Crippen molar-refractivity contribution in [3.63, 3.8) is 0 Å². The summed E-state index contributed by atoms with van der Waals surface area (Å²) in [6, 6.07) is 0. The normalized spacial score (nSPS) is 17.2. The van der Waals surface area contributed by atoms with Gasteiger partial charge in [-0.2, -0.15) is 0 Å². The lowest BCUT2D eigenvalue weighted by molar-refractivity contribution is -0.145. The minimum atomic E-state index is -0.757. The first-order chi connectivity index (χ1) is 5.94. The van der Waals surface area contributed by atoms with Gasteiger partial charge in [0.1, 0.15) is 0 Å². The Bertz CT molecular complexity index is 134. The molecule has 1 saturated heterocycles. The van der Waals surface area contributed by atoms with E-state index in [0.717, 1.165) is 0 Å². The van der Waals surface area contributed by atoms with Crippen LogP contribution in [0.4, 0.5) is 0 Å². The minimum Gasteiger partial charge on any atom is -0.481 e. The minimum absolute atomic E-state index is 0.583. The van der Waals surface area contributed by atoms with Crippen LogP contribution in [0.3, 0.4) is 0 Å². The van der Waals surface area contributed by atoms with Crippen molar-refractivity contribution in [3.05, 3.63) is 0 Å². The fourth-order valence-corrected chi connectivity index (χ4v) is 0.802. The molecule has 3 nitrogen and oxygen atoms in total. The summed E-state index contributed by atoms with van der Waals surface area (Å²) in [5.41, 5.74) is -0.583. The summed E-state index contributed by atoms with van der Waals surface area (Å²) in [7, 11) is 0. The highest BCUT2D eigenvalue weighted by atomic mass is 16.4. The lowest BCUT2D eigenvalue weighted by Crippen LogP contribution is -2.21. The summed E-state index contributed by atoms with van der Waals surface area (Å²) in [6.45, 7) is 7.49. The maximum Gasteiger partial charge on any atom is 0.308 e. The highest BCUT2D eigenvalue weighted by Crippen LogP contribution is 2.11. The van der Waals surface area contributed by atoms with Crippen LogP contribution in [0.5, 0.6) is 0 Å². The Balaban J connectivity index is 0.000000223. The molecule has 1 aliphatic rings. The van der Waals surface area contributed by atoms with E-state index in [9.17, 15) is 4.79 Å². The topological polar surface area (TPSA) is 49.3 Å². The van der Waals surface area contributed by atoms with Crippen molar-refractivity contribution in [1.29, 1.82) is 0 Å². The summed E-state index contributed by atoms with van der Waals surface area (Å²) in [5.74, 6) is -0.757. The molecular weight excluding hydrogens is 166 g/mol. The molecule has 0 atom stereocenters. The number of carboxylic acid groups (broad SMARTS) is 1. The van der Waals surface area contributed by atoms with E-state index in [2.05, 4.69) is 5.32 Å². The van der Waals surface area contributed by atoms with Gasteiger partial charge >= 0.3 is 5.97 Å². The highest BCUT2D eigenvalue weighted by Gasteiger charge is 2.18. The van der Waals surface area contributed by atoms with Gasteiger partial charge in [-0.05, 0) is 46.7 Å². The van der Waals surface area contributed by atoms with E-state index >= 15 is 0 Å². The molecule has 0 aromatic heterocycles. The van der Waals surface area contributed by atoms with Crippen LogP contribution < -0.4 is 5.32 Å². The van der Waals surface area contributed by atoms with Gasteiger partial charge in [-0.3, -0.25) is 4.79 Å². The maximum atomic E-state index is 10.0. The molecule has 1 rings (SSSR count). The average molecular weight is 187 g/mol. The van der Waals surface area contributed by atoms with Gasteiger partial charge in [0, 0.05) is 0 Å². The van der Waals surface area contributed by atoms with Gasteiger partial charge in [-0.15, -0.1) is 0 Å². The second kappa shape index (κ2) is 5.97. The third kappa shape index (κ3) is 7.78. The van der Waals surface area contributed by atoms with E-state index in [0.29, 0.717) is 0 Å². The molecule has 0 amide bonds. The summed E-state index contributed by atoms with van der Waals surface area (Å²) in [5, 5.41) is 11.5. The molecule has 0 bridgehead atoms. The van der Waals surface area contributed by atoms with Gasteiger partial charge < -0.3 is 10.4 Å². The van der Waals surface area contributed by atoms with E-state index in [1.54, 1.807) is 20.8 Å². The SMILES string of the molecule is C1CCNCC1.CC(C)(C)C(=O)O. The van der Waals surface area contributed by atoms with Gasteiger partial charge in [-0.25, -0.2) is 0 Å². The van der Waals surface area contributed by atoms with E-state index in [4.69, 9.17) is 5.11 Å². The Morgan fingerprint density at radius 2 is 1.54 bits per heavy atom. The van der Waals surface area contributed by atoms with Crippen molar-refractivity contribution in [1.82, 2.24) is 5.32 Å². The molecule has 13 heavy (non-hydrogen) atoms. The summed E-state index contributed by atoms with van der Waals surface area (Å²) >= 11 is 0. The molecule has 3 heteroatoms. The van der Waals surface area contributed by atoms with Crippen molar-refractivity contribution in [2.45, 2.75) is 40.0 Å². The van der Waals surface area contributed by atoms with Crippen LogP contribution in [-0.4, -0.2) is 24.2 Å². The standard InChI is InChI=1S/C5H11N.C5H10O2/c1-2-4-6-5-3-1;1-5(2,3)4(6)7/h6H,1-5H2;1-3H3,(H,6,7). The Hall–Kier alpha value is -0.570. The second-order valence-electron chi connectivity index (χ2n) is 4.37. The fourth-order valence-electron chi connectivity index (χ4n) is 0.802. The summed E-state index contributed by atoms with van der Waals surface area (Å²) < 4.78 is 0. The number of hydrogen-bond acceptors (Lipinski definition) is 2. The van der Waals surface area contributed by atoms with Gasteiger partial charge in [0.05, 0.1) is 5.41 Å². The zero-order valence-corrected chi connectivity index (χ0v) is 8.89. The Labute approximate surface area is 80.5 Å². The molecule has 0 aliphatic carbocycles. The Morgan fingerprint density at radius 1 is 1.15 bits per heavy atom. The van der Waals surface area contributed by atoms with E-state index in [-0.39, 0.29) is 0 Å². The molecular formula is C10H21NO2. The smallest absolute Gasteiger partial charge is 0.308 e. The van der Waals surface area contributed by atoms with Gasteiger partial charge in [0.2, 0.25) is 0 Å². The molecule has 78 valence electrons. The zero-order valence-electron chi connectivity index (χ0n) is 8.89. The first-order valence-corrected chi connectivity index (χ1v) is 4.88. The lowest BCUT2D eigenvalue weighted by atomic mass is 9.98. The van der Waals surface area contributed by atoms with Crippen LogP contribution in [0.1, 0.15) is 40.0 Å². The monoisotopic (exact) mass is 187 g/mol. The quantitative estimate of drug-likeness (QED) is 0.608. The summed E-state index contributed by atoms with van der Waals surface area (Å²) in [4.78, 5) is 10.0. The number of piperidine rings is 1. The van der Waals surface area contributed by atoms with Crippen LogP contribution in [0.2, 0.25) is 0 Å². The number of rotatable bonds is 0. The second-order valence-corrected chi connectivity index (χ2v) is 4.37. The number of nitrogens with one attached hydrogen (secondary N) is 1. The highest BCUT2D eigenvalue weighted by molar-refractivity contribution is 5.72. The summed E-state index contributed by atoms with van der Waals surface area (Å²) in [6.07, 6.45) is 4.22. The van der Waals surface area contributed by atoms with Crippen molar-refractivity contribution >= 4 is 5.97 Å². The van der Waals surface area contributed by atoms with Crippen LogP contribution in [-0.2, 0) is 4.79 Å². The molecule has 1 fully saturated rings. The predicted molar refractivity (Wildman–Crippen MR) is 53.8 cm³/mol. The number of hydrogen-bond donors (Lipinski definition) is 2. The van der Waals surface area contributed by atoms with Gasteiger partial charge in [-0.1, -0.05) is 6.42 Å². The Morgan fingerprint density at radius 3 is 1.62 bits per heavy atom. The molecule has 0 aromatic rings. The molecule has 0 aromatic carbocycles. The maximum absolute atomic E-state index is 10.0. The van der Waals surface area contributed by atoms with Crippen LogP contribution in [0, 0.1) is 5.41 Å². The molecule has 0 radical (unpaired) electrons. The van der Waals surface area contributed by atoms with Crippen molar-refractivity contribution in [2.24, 2.45) is 5.41 Å². The first-order valence-electron chi connectivity index (χ1n) is 4.88.